The number of aromatic nitrogens is 4. The van der Waals surface area contributed by atoms with Gasteiger partial charge in [0.05, 0.1) is 0 Å². The molecule has 2 aromatic heterocycles. The third kappa shape index (κ3) is 2.84. The van der Waals surface area contributed by atoms with E-state index in [0.717, 1.165) is 12.1 Å². The smallest absolute Gasteiger partial charge is 0.342 e. The molecule has 0 aromatic carbocycles. The molecule has 0 aliphatic heterocycles. The summed E-state index contributed by atoms with van der Waals surface area (Å²) >= 11 is 0. The van der Waals surface area contributed by atoms with Gasteiger partial charge in [-0.1, -0.05) is 0 Å². The van der Waals surface area contributed by atoms with Crippen LogP contribution in [0.2, 0.25) is 0 Å². The second-order valence-electron chi connectivity index (χ2n) is 4.46. The number of hydrogen-bond acceptors (Lipinski definition) is 5. The summed E-state index contributed by atoms with van der Waals surface area (Å²) in [6.07, 6.45) is 5.90. The van der Waals surface area contributed by atoms with E-state index in [-0.39, 0.29) is 0 Å². The number of nitrogens with zero attached hydrogens (tertiary/aromatic N) is 4. The lowest BCUT2D eigenvalue weighted by Crippen LogP contribution is -2.15. The lowest BCUT2D eigenvalue weighted by atomic mass is 10.2. The molecule has 0 unspecified atom stereocenters. The first-order valence-corrected chi connectivity index (χ1v) is 6.01. The minimum absolute atomic E-state index is 0.317. The van der Waals surface area contributed by atoms with Gasteiger partial charge in [-0.2, -0.15) is 4.98 Å². The molecule has 1 fully saturated rings. The van der Waals surface area contributed by atoms with E-state index >= 15 is 0 Å². The van der Waals surface area contributed by atoms with Gasteiger partial charge in [-0.25, -0.2) is 4.98 Å². The molecule has 18 heavy (non-hydrogen) atoms. The summed E-state index contributed by atoms with van der Waals surface area (Å²) in [6, 6.07) is 4.90. The predicted octanol–water partition coefficient (Wildman–Crippen LogP) is 1.25. The normalized spacial score (nSPS) is 14.7. The number of hydrogen-bond donors (Lipinski definition) is 1. The maximum atomic E-state index is 5.48. The second kappa shape index (κ2) is 4.73. The van der Waals surface area contributed by atoms with Crippen LogP contribution in [0.3, 0.4) is 0 Å². The minimum atomic E-state index is 0.317. The maximum Gasteiger partial charge on any atom is 0.342 e. The fourth-order valence-electron chi connectivity index (χ4n) is 1.63. The Balaban J connectivity index is 1.65. The van der Waals surface area contributed by atoms with E-state index in [1.165, 1.54) is 12.8 Å². The standard InChI is InChI=1S/C12H15N5O/c1-17-8-15-12(16-17)18-11-6-9(4-5-13-11)7-14-10-2-3-10/h4-6,8,10,14H,2-3,7H2,1H3. The van der Waals surface area contributed by atoms with Crippen molar-refractivity contribution in [1.82, 2.24) is 25.1 Å². The Morgan fingerprint density at radius 2 is 2.33 bits per heavy atom. The summed E-state index contributed by atoms with van der Waals surface area (Å²) in [5.74, 6) is 0.524. The van der Waals surface area contributed by atoms with Crippen LogP contribution in [-0.2, 0) is 13.6 Å². The van der Waals surface area contributed by atoms with Crippen LogP contribution in [-0.4, -0.2) is 25.8 Å². The zero-order valence-electron chi connectivity index (χ0n) is 10.2. The van der Waals surface area contributed by atoms with Crippen molar-refractivity contribution >= 4 is 0 Å². The van der Waals surface area contributed by atoms with E-state index < -0.39 is 0 Å². The van der Waals surface area contributed by atoms with Gasteiger partial charge in [-0.05, 0) is 24.5 Å². The molecule has 2 heterocycles. The summed E-state index contributed by atoms with van der Waals surface area (Å²) in [5, 5.41) is 7.50. The van der Waals surface area contributed by atoms with Crippen molar-refractivity contribution in [2.75, 3.05) is 0 Å². The van der Waals surface area contributed by atoms with E-state index in [0.29, 0.717) is 17.9 Å². The van der Waals surface area contributed by atoms with Crippen LogP contribution >= 0.6 is 0 Å². The van der Waals surface area contributed by atoms with E-state index in [4.69, 9.17) is 4.74 Å². The van der Waals surface area contributed by atoms with Gasteiger partial charge in [0.25, 0.3) is 0 Å². The van der Waals surface area contributed by atoms with Crippen LogP contribution in [0, 0.1) is 0 Å². The van der Waals surface area contributed by atoms with Crippen LogP contribution < -0.4 is 10.1 Å². The van der Waals surface area contributed by atoms with Crippen LogP contribution in [0.1, 0.15) is 18.4 Å². The third-order valence-corrected chi connectivity index (χ3v) is 2.75. The van der Waals surface area contributed by atoms with Gasteiger partial charge in [-0.3, -0.25) is 4.68 Å². The van der Waals surface area contributed by atoms with Crippen molar-refractivity contribution in [3.8, 4) is 11.9 Å². The van der Waals surface area contributed by atoms with Crippen LogP contribution in [0.25, 0.3) is 0 Å². The average molecular weight is 245 g/mol. The van der Waals surface area contributed by atoms with Crippen molar-refractivity contribution in [2.45, 2.75) is 25.4 Å². The molecule has 0 spiro atoms. The summed E-state index contributed by atoms with van der Waals surface area (Å²) in [7, 11) is 1.79. The summed E-state index contributed by atoms with van der Waals surface area (Å²) < 4.78 is 7.07. The lowest BCUT2D eigenvalue weighted by molar-refractivity contribution is 0.421. The first kappa shape index (κ1) is 11.2. The minimum Gasteiger partial charge on any atom is -0.404 e. The van der Waals surface area contributed by atoms with Gasteiger partial charge in [-0.15, -0.1) is 5.10 Å². The highest BCUT2D eigenvalue weighted by atomic mass is 16.5. The highest BCUT2D eigenvalue weighted by Gasteiger charge is 2.19. The van der Waals surface area contributed by atoms with Crippen molar-refractivity contribution in [1.29, 1.82) is 0 Å². The summed E-state index contributed by atoms with van der Waals surface area (Å²) in [4.78, 5) is 8.15. The molecule has 1 aliphatic carbocycles. The fourth-order valence-corrected chi connectivity index (χ4v) is 1.63. The largest absolute Gasteiger partial charge is 0.404 e. The summed E-state index contributed by atoms with van der Waals surface area (Å²) in [5.41, 5.74) is 1.16. The SMILES string of the molecule is Cn1cnc(Oc2cc(CNC3CC3)ccn2)n1. The molecule has 2 aromatic rings. The number of rotatable bonds is 5. The van der Waals surface area contributed by atoms with Crippen LogP contribution in [0.4, 0.5) is 0 Å². The van der Waals surface area contributed by atoms with Crippen molar-refractivity contribution < 1.29 is 4.74 Å². The van der Waals surface area contributed by atoms with E-state index in [2.05, 4.69) is 20.4 Å². The van der Waals surface area contributed by atoms with Crippen molar-refractivity contribution in [3.05, 3.63) is 30.2 Å². The molecule has 1 saturated carbocycles. The third-order valence-electron chi connectivity index (χ3n) is 2.75. The first-order valence-electron chi connectivity index (χ1n) is 6.01. The zero-order chi connectivity index (χ0) is 12.4. The molecule has 0 atom stereocenters. The van der Waals surface area contributed by atoms with Crippen LogP contribution in [0.15, 0.2) is 24.7 Å². The Hall–Kier alpha value is -1.95. The van der Waals surface area contributed by atoms with Crippen molar-refractivity contribution in [2.24, 2.45) is 7.05 Å². The Morgan fingerprint density at radius 3 is 3.06 bits per heavy atom. The predicted molar refractivity (Wildman–Crippen MR) is 65.2 cm³/mol. The monoisotopic (exact) mass is 245 g/mol. The zero-order valence-corrected chi connectivity index (χ0v) is 10.2. The molecule has 94 valence electrons. The Bertz CT molecular complexity index is 535. The highest BCUT2D eigenvalue weighted by molar-refractivity contribution is 5.22. The molecular formula is C12H15N5O. The molecule has 0 amide bonds. The fraction of sp³-hybridized carbons (Fsp3) is 0.417. The lowest BCUT2D eigenvalue weighted by Gasteiger charge is -2.04. The van der Waals surface area contributed by atoms with E-state index in [1.54, 1.807) is 24.3 Å². The molecule has 0 saturated heterocycles. The number of aryl methyl sites for hydroxylation is 1. The van der Waals surface area contributed by atoms with Gasteiger partial charge in [0.15, 0.2) is 0 Å². The van der Waals surface area contributed by atoms with Gasteiger partial charge in [0.1, 0.15) is 6.33 Å². The second-order valence-corrected chi connectivity index (χ2v) is 4.46. The Morgan fingerprint density at radius 1 is 1.44 bits per heavy atom. The number of nitrogens with one attached hydrogen (secondary N) is 1. The molecule has 3 rings (SSSR count). The van der Waals surface area contributed by atoms with Gasteiger partial charge in [0.2, 0.25) is 5.88 Å². The van der Waals surface area contributed by atoms with E-state index in [9.17, 15) is 0 Å². The molecular weight excluding hydrogens is 230 g/mol. The van der Waals surface area contributed by atoms with Gasteiger partial charge in [0, 0.05) is 31.9 Å². The summed E-state index contributed by atoms with van der Waals surface area (Å²) in [6.45, 7) is 0.846. The number of ether oxygens (including phenoxy) is 1. The van der Waals surface area contributed by atoms with Gasteiger partial charge >= 0.3 is 6.01 Å². The molecule has 6 nitrogen and oxygen atoms in total. The molecule has 1 N–H and O–H groups in total. The molecule has 6 heteroatoms. The quantitative estimate of drug-likeness (QED) is 0.859. The number of pyridine rings is 1. The molecule has 0 bridgehead atoms. The van der Waals surface area contributed by atoms with Gasteiger partial charge < -0.3 is 10.1 Å². The maximum absolute atomic E-state index is 5.48. The molecule has 0 radical (unpaired) electrons. The van der Waals surface area contributed by atoms with E-state index in [1.807, 2.05) is 12.1 Å². The van der Waals surface area contributed by atoms with Crippen LogP contribution in [0.5, 0.6) is 11.9 Å². The first-order chi connectivity index (χ1) is 8.79. The Kier molecular flexibility index (Phi) is 2.93. The topological polar surface area (TPSA) is 64.9 Å². The van der Waals surface area contributed by atoms with Crippen molar-refractivity contribution in [3.63, 3.8) is 0 Å². The highest BCUT2D eigenvalue weighted by Crippen LogP contribution is 2.20. The average Bonchev–Trinajstić information content (AvgIpc) is 3.11. The Labute approximate surface area is 105 Å². The molecule has 1 aliphatic rings.